The van der Waals surface area contributed by atoms with Crippen LogP contribution in [0.4, 0.5) is 8.78 Å². The van der Waals surface area contributed by atoms with E-state index in [0.717, 1.165) is 19.2 Å². The van der Waals surface area contributed by atoms with Gasteiger partial charge in [-0.05, 0) is 24.6 Å². The van der Waals surface area contributed by atoms with E-state index in [-0.39, 0.29) is 0 Å². The molecule has 1 aromatic rings. The van der Waals surface area contributed by atoms with Crippen molar-refractivity contribution in [3.63, 3.8) is 0 Å². The van der Waals surface area contributed by atoms with Crippen molar-refractivity contribution in [2.75, 3.05) is 26.2 Å². The number of hydrogen-bond acceptors (Lipinski definition) is 2. The first-order chi connectivity index (χ1) is 7.69. The second kappa shape index (κ2) is 6.55. The predicted molar refractivity (Wildman–Crippen MR) is 61.2 cm³/mol. The van der Waals surface area contributed by atoms with Gasteiger partial charge >= 0.3 is 0 Å². The lowest BCUT2D eigenvalue weighted by atomic mass is 10.1. The van der Waals surface area contributed by atoms with Crippen LogP contribution in [0.15, 0.2) is 18.2 Å². The van der Waals surface area contributed by atoms with Crippen LogP contribution in [0, 0.1) is 11.6 Å². The molecular weight excluding hydrogens is 210 g/mol. The third-order valence-electron chi connectivity index (χ3n) is 2.62. The van der Waals surface area contributed by atoms with Gasteiger partial charge in [0.1, 0.15) is 0 Å². The summed E-state index contributed by atoms with van der Waals surface area (Å²) in [4.78, 5) is 2.12. The summed E-state index contributed by atoms with van der Waals surface area (Å²) < 4.78 is 26.2. The van der Waals surface area contributed by atoms with E-state index in [9.17, 15) is 8.78 Å². The molecule has 0 amide bonds. The highest BCUT2D eigenvalue weighted by molar-refractivity contribution is 5.19. The van der Waals surface area contributed by atoms with Crippen LogP contribution in [0.5, 0.6) is 0 Å². The zero-order valence-electron chi connectivity index (χ0n) is 9.55. The molecule has 0 saturated heterocycles. The van der Waals surface area contributed by atoms with E-state index in [0.29, 0.717) is 25.1 Å². The Morgan fingerprint density at radius 2 is 2.00 bits per heavy atom. The van der Waals surface area contributed by atoms with Crippen molar-refractivity contribution in [1.82, 2.24) is 4.90 Å². The van der Waals surface area contributed by atoms with Crippen LogP contribution in [0.2, 0.25) is 0 Å². The topological polar surface area (TPSA) is 29.3 Å². The number of rotatable bonds is 6. The molecule has 0 heterocycles. The highest BCUT2D eigenvalue weighted by Gasteiger charge is 2.08. The molecule has 0 saturated carbocycles. The number of hydrogen-bond donors (Lipinski definition) is 1. The molecule has 0 unspecified atom stereocenters. The van der Waals surface area contributed by atoms with Gasteiger partial charge in [0.15, 0.2) is 11.6 Å². The molecule has 1 rings (SSSR count). The van der Waals surface area contributed by atoms with Crippen molar-refractivity contribution < 1.29 is 8.78 Å². The first kappa shape index (κ1) is 13.1. The van der Waals surface area contributed by atoms with Gasteiger partial charge in [0.05, 0.1) is 0 Å². The van der Waals surface area contributed by atoms with E-state index in [1.54, 1.807) is 6.07 Å². The Hall–Kier alpha value is -1.00. The van der Waals surface area contributed by atoms with Gasteiger partial charge in [0, 0.05) is 19.6 Å². The molecule has 0 bridgehead atoms. The van der Waals surface area contributed by atoms with Gasteiger partial charge in [-0.3, -0.25) is 0 Å². The molecule has 0 aromatic heterocycles. The van der Waals surface area contributed by atoms with Crippen molar-refractivity contribution in [2.45, 2.75) is 13.3 Å². The Balaban J connectivity index is 2.56. The molecule has 0 aliphatic rings. The van der Waals surface area contributed by atoms with Gasteiger partial charge < -0.3 is 10.6 Å². The summed E-state index contributed by atoms with van der Waals surface area (Å²) in [6.45, 7) is 4.96. The number of halogens is 2. The average Bonchev–Trinajstić information content (AvgIpc) is 2.29. The molecule has 90 valence electrons. The summed E-state index contributed by atoms with van der Waals surface area (Å²) in [6.07, 6.45) is 0.511. The first-order valence-corrected chi connectivity index (χ1v) is 5.54. The maximum atomic E-state index is 13.3. The van der Waals surface area contributed by atoms with Gasteiger partial charge in [-0.2, -0.15) is 0 Å². The van der Waals surface area contributed by atoms with E-state index in [4.69, 9.17) is 5.73 Å². The summed E-state index contributed by atoms with van der Waals surface area (Å²) in [5.74, 6) is -1.51. The van der Waals surface area contributed by atoms with Crippen LogP contribution in [0.3, 0.4) is 0 Å². The van der Waals surface area contributed by atoms with Gasteiger partial charge in [-0.25, -0.2) is 8.78 Å². The standard InChI is InChI=1S/C12H18F2N2/c1-2-16(9-7-15)8-6-10-4-3-5-11(13)12(10)14/h3-5H,2,6-9,15H2,1H3. The molecule has 1 aromatic carbocycles. The van der Waals surface area contributed by atoms with Crippen molar-refractivity contribution >= 4 is 0 Å². The molecule has 0 fully saturated rings. The van der Waals surface area contributed by atoms with E-state index >= 15 is 0 Å². The van der Waals surface area contributed by atoms with E-state index in [1.165, 1.54) is 6.07 Å². The SMILES string of the molecule is CCN(CCN)CCc1cccc(F)c1F. The van der Waals surface area contributed by atoms with Gasteiger partial charge in [0.2, 0.25) is 0 Å². The Kier molecular flexibility index (Phi) is 5.35. The Morgan fingerprint density at radius 1 is 1.25 bits per heavy atom. The first-order valence-electron chi connectivity index (χ1n) is 5.54. The number of benzene rings is 1. The fourth-order valence-corrected chi connectivity index (χ4v) is 1.63. The number of nitrogens with two attached hydrogens (primary N) is 1. The highest BCUT2D eigenvalue weighted by Crippen LogP contribution is 2.12. The minimum atomic E-state index is -0.778. The number of likely N-dealkylation sites (N-methyl/N-ethyl adjacent to an activating group) is 1. The monoisotopic (exact) mass is 228 g/mol. The summed E-state index contributed by atoms with van der Waals surface area (Å²) >= 11 is 0. The fraction of sp³-hybridized carbons (Fsp3) is 0.500. The largest absolute Gasteiger partial charge is 0.329 e. The average molecular weight is 228 g/mol. The molecule has 0 atom stereocenters. The van der Waals surface area contributed by atoms with Gasteiger partial charge in [0.25, 0.3) is 0 Å². The number of nitrogens with zero attached hydrogens (tertiary/aromatic N) is 1. The Morgan fingerprint density at radius 3 is 2.62 bits per heavy atom. The second-order valence-corrected chi connectivity index (χ2v) is 3.69. The second-order valence-electron chi connectivity index (χ2n) is 3.69. The normalized spacial score (nSPS) is 11.1. The van der Waals surface area contributed by atoms with Crippen molar-refractivity contribution in [3.05, 3.63) is 35.4 Å². The van der Waals surface area contributed by atoms with Crippen LogP contribution in [0.25, 0.3) is 0 Å². The van der Waals surface area contributed by atoms with Gasteiger partial charge in [-0.1, -0.05) is 19.1 Å². The molecule has 2 N–H and O–H groups in total. The van der Waals surface area contributed by atoms with E-state index in [2.05, 4.69) is 4.90 Å². The van der Waals surface area contributed by atoms with Crippen LogP contribution >= 0.6 is 0 Å². The summed E-state index contributed by atoms with van der Waals surface area (Å²) in [5.41, 5.74) is 5.88. The molecular formula is C12H18F2N2. The third kappa shape index (κ3) is 3.54. The van der Waals surface area contributed by atoms with Crippen LogP contribution in [0.1, 0.15) is 12.5 Å². The summed E-state index contributed by atoms with van der Waals surface area (Å²) in [5, 5.41) is 0. The van der Waals surface area contributed by atoms with Gasteiger partial charge in [-0.15, -0.1) is 0 Å². The molecule has 0 radical (unpaired) electrons. The molecule has 0 spiro atoms. The Bertz CT molecular complexity index is 329. The molecule has 0 aliphatic carbocycles. The van der Waals surface area contributed by atoms with E-state index < -0.39 is 11.6 Å². The zero-order valence-corrected chi connectivity index (χ0v) is 9.55. The van der Waals surface area contributed by atoms with E-state index in [1.807, 2.05) is 6.92 Å². The maximum Gasteiger partial charge on any atom is 0.162 e. The summed E-state index contributed by atoms with van der Waals surface area (Å²) in [6, 6.07) is 4.29. The van der Waals surface area contributed by atoms with Crippen molar-refractivity contribution in [2.24, 2.45) is 5.73 Å². The molecule has 2 nitrogen and oxygen atoms in total. The maximum absolute atomic E-state index is 13.3. The smallest absolute Gasteiger partial charge is 0.162 e. The lowest BCUT2D eigenvalue weighted by molar-refractivity contribution is 0.298. The highest BCUT2D eigenvalue weighted by atomic mass is 19.2. The minimum Gasteiger partial charge on any atom is -0.329 e. The lowest BCUT2D eigenvalue weighted by Gasteiger charge is -2.19. The van der Waals surface area contributed by atoms with Crippen molar-refractivity contribution in [3.8, 4) is 0 Å². The minimum absolute atomic E-state index is 0.426. The summed E-state index contributed by atoms with van der Waals surface area (Å²) in [7, 11) is 0. The Labute approximate surface area is 95.1 Å². The molecule has 4 heteroatoms. The van der Waals surface area contributed by atoms with Crippen LogP contribution in [-0.4, -0.2) is 31.1 Å². The predicted octanol–water partition coefficient (Wildman–Crippen LogP) is 1.79. The lowest BCUT2D eigenvalue weighted by Crippen LogP contribution is -2.31. The fourth-order valence-electron chi connectivity index (χ4n) is 1.63. The quantitative estimate of drug-likeness (QED) is 0.804. The van der Waals surface area contributed by atoms with Crippen molar-refractivity contribution in [1.29, 1.82) is 0 Å². The zero-order chi connectivity index (χ0) is 12.0. The molecule has 16 heavy (non-hydrogen) atoms. The van der Waals surface area contributed by atoms with Crippen LogP contribution in [-0.2, 0) is 6.42 Å². The van der Waals surface area contributed by atoms with Crippen LogP contribution < -0.4 is 5.73 Å². The third-order valence-corrected chi connectivity index (χ3v) is 2.62. The molecule has 0 aliphatic heterocycles.